The monoisotopic (exact) mass is 267 g/mol. The minimum atomic E-state index is -0.181. The van der Waals surface area contributed by atoms with Crippen LogP contribution in [-0.2, 0) is 4.79 Å². The Balaban J connectivity index is 2.05. The molecule has 1 aliphatic carbocycles. The lowest BCUT2D eigenvalue weighted by atomic mass is 9.86. The van der Waals surface area contributed by atoms with Gasteiger partial charge in [0.15, 0.2) is 0 Å². The fourth-order valence-electron chi connectivity index (χ4n) is 3.93. The first-order valence-electron chi connectivity index (χ1n) is 8.13. The van der Waals surface area contributed by atoms with E-state index in [1.165, 1.54) is 6.42 Å². The highest BCUT2D eigenvalue weighted by Gasteiger charge is 2.39. The summed E-state index contributed by atoms with van der Waals surface area (Å²) in [6, 6.07) is 0.304. The van der Waals surface area contributed by atoms with E-state index in [1.807, 2.05) is 0 Å². The predicted octanol–water partition coefficient (Wildman–Crippen LogP) is 2.96. The molecule has 0 spiro atoms. The summed E-state index contributed by atoms with van der Waals surface area (Å²) in [6.45, 7) is 5.10. The van der Waals surface area contributed by atoms with E-state index in [-0.39, 0.29) is 12.0 Å². The van der Waals surface area contributed by atoms with E-state index >= 15 is 0 Å². The van der Waals surface area contributed by atoms with Gasteiger partial charge in [0, 0.05) is 24.4 Å². The summed E-state index contributed by atoms with van der Waals surface area (Å²) in [4.78, 5) is 14.7. The molecule has 0 bridgehead atoms. The molecule has 110 valence electrons. The van der Waals surface area contributed by atoms with Crippen LogP contribution in [0.5, 0.6) is 0 Å². The van der Waals surface area contributed by atoms with Crippen LogP contribution in [0.3, 0.4) is 0 Å². The molecule has 2 rings (SSSR count). The van der Waals surface area contributed by atoms with Crippen molar-refractivity contribution in [2.24, 2.45) is 11.8 Å². The summed E-state index contributed by atoms with van der Waals surface area (Å²) in [5, 5.41) is 10.1. The van der Waals surface area contributed by atoms with Crippen molar-refractivity contribution in [3.05, 3.63) is 0 Å². The predicted molar refractivity (Wildman–Crippen MR) is 76.8 cm³/mol. The number of nitrogens with zero attached hydrogens (tertiary/aromatic N) is 1. The number of hydrogen-bond acceptors (Lipinski definition) is 2. The molecule has 4 unspecified atom stereocenters. The van der Waals surface area contributed by atoms with Crippen LogP contribution in [0.15, 0.2) is 0 Å². The molecule has 3 heteroatoms. The van der Waals surface area contributed by atoms with Gasteiger partial charge < -0.3 is 10.0 Å². The minimum absolute atomic E-state index is 0.143. The third-order valence-corrected chi connectivity index (χ3v) is 5.00. The maximum absolute atomic E-state index is 12.6. The van der Waals surface area contributed by atoms with Gasteiger partial charge in [0.2, 0.25) is 5.91 Å². The molecule has 2 aliphatic rings. The van der Waals surface area contributed by atoms with E-state index < -0.39 is 0 Å². The van der Waals surface area contributed by atoms with E-state index in [9.17, 15) is 9.90 Å². The third kappa shape index (κ3) is 3.31. The van der Waals surface area contributed by atoms with Crippen LogP contribution in [-0.4, -0.2) is 34.6 Å². The van der Waals surface area contributed by atoms with E-state index in [0.29, 0.717) is 17.9 Å². The summed E-state index contributed by atoms with van der Waals surface area (Å²) < 4.78 is 0. The Morgan fingerprint density at radius 1 is 1.26 bits per heavy atom. The highest BCUT2D eigenvalue weighted by molar-refractivity contribution is 5.79. The number of likely N-dealkylation sites (tertiary alicyclic amines) is 1. The lowest BCUT2D eigenvalue weighted by Gasteiger charge is -2.41. The third-order valence-electron chi connectivity index (χ3n) is 5.00. The summed E-state index contributed by atoms with van der Waals surface area (Å²) in [6.07, 6.45) is 8.43. The average Bonchev–Trinajstić information content (AvgIpc) is 2.84. The lowest BCUT2D eigenvalue weighted by molar-refractivity contribution is -0.141. The van der Waals surface area contributed by atoms with Gasteiger partial charge in [-0.1, -0.05) is 26.7 Å². The van der Waals surface area contributed by atoms with Crippen molar-refractivity contribution in [1.29, 1.82) is 0 Å². The first-order valence-corrected chi connectivity index (χ1v) is 8.13. The molecular formula is C16H29NO2. The molecule has 0 radical (unpaired) electrons. The lowest BCUT2D eigenvalue weighted by Crippen LogP contribution is -2.50. The van der Waals surface area contributed by atoms with Gasteiger partial charge in [-0.3, -0.25) is 4.79 Å². The van der Waals surface area contributed by atoms with E-state index in [0.717, 1.165) is 51.5 Å². The Kier molecular flexibility index (Phi) is 5.26. The highest BCUT2D eigenvalue weighted by Crippen LogP contribution is 2.35. The van der Waals surface area contributed by atoms with Gasteiger partial charge in [0.25, 0.3) is 0 Å². The zero-order chi connectivity index (χ0) is 13.8. The fourth-order valence-corrected chi connectivity index (χ4v) is 3.93. The topological polar surface area (TPSA) is 40.5 Å². The maximum Gasteiger partial charge on any atom is 0.225 e. The largest absolute Gasteiger partial charge is 0.393 e. The van der Waals surface area contributed by atoms with Gasteiger partial charge in [-0.2, -0.15) is 0 Å². The molecular weight excluding hydrogens is 238 g/mol. The zero-order valence-electron chi connectivity index (χ0n) is 12.5. The number of carbonyl (C=O) groups excluding carboxylic acids is 1. The van der Waals surface area contributed by atoms with Crippen molar-refractivity contribution in [3.63, 3.8) is 0 Å². The zero-order valence-corrected chi connectivity index (χ0v) is 12.5. The van der Waals surface area contributed by atoms with Crippen LogP contribution in [0, 0.1) is 11.8 Å². The van der Waals surface area contributed by atoms with E-state index in [1.54, 1.807) is 0 Å². The van der Waals surface area contributed by atoms with Crippen molar-refractivity contribution in [2.45, 2.75) is 77.4 Å². The van der Waals surface area contributed by atoms with Crippen molar-refractivity contribution in [3.8, 4) is 0 Å². The number of piperidine rings is 1. The molecule has 19 heavy (non-hydrogen) atoms. The molecule has 3 nitrogen and oxygen atoms in total. The smallest absolute Gasteiger partial charge is 0.225 e. The van der Waals surface area contributed by atoms with Gasteiger partial charge in [-0.05, 0) is 38.5 Å². The van der Waals surface area contributed by atoms with Crippen LogP contribution in [0.1, 0.15) is 65.2 Å². The molecule has 1 saturated carbocycles. The second-order valence-electron chi connectivity index (χ2n) is 6.45. The van der Waals surface area contributed by atoms with Gasteiger partial charge >= 0.3 is 0 Å². The van der Waals surface area contributed by atoms with Crippen LogP contribution >= 0.6 is 0 Å². The number of rotatable bonds is 4. The Morgan fingerprint density at radius 2 is 2.05 bits per heavy atom. The standard InChI is InChI=1S/C16H29NO2/c1-3-7-12(2)16(19)17-11-5-4-9-14(17)13-8-6-10-15(13)18/h12-15,18H,3-11H2,1-2H3. The van der Waals surface area contributed by atoms with Gasteiger partial charge in [0.1, 0.15) is 0 Å². The van der Waals surface area contributed by atoms with Crippen molar-refractivity contribution >= 4 is 5.91 Å². The summed E-state index contributed by atoms with van der Waals surface area (Å²) in [5.74, 6) is 0.799. The first kappa shape index (κ1) is 14.8. The Labute approximate surface area is 117 Å². The minimum Gasteiger partial charge on any atom is -0.393 e. The molecule has 1 aliphatic heterocycles. The summed E-state index contributed by atoms with van der Waals surface area (Å²) >= 11 is 0. The van der Waals surface area contributed by atoms with Crippen LogP contribution in [0.2, 0.25) is 0 Å². The van der Waals surface area contributed by atoms with Gasteiger partial charge in [-0.25, -0.2) is 0 Å². The molecule has 0 aromatic carbocycles. The fraction of sp³-hybridized carbons (Fsp3) is 0.938. The van der Waals surface area contributed by atoms with Crippen molar-refractivity contribution < 1.29 is 9.90 Å². The highest BCUT2D eigenvalue weighted by atomic mass is 16.3. The molecule has 2 fully saturated rings. The normalized spacial score (nSPS) is 33.4. The van der Waals surface area contributed by atoms with E-state index in [2.05, 4.69) is 18.7 Å². The number of hydrogen-bond donors (Lipinski definition) is 1. The molecule has 1 saturated heterocycles. The maximum atomic E-state index is 12.6. The van der Waals surface area contributed by atoms with Crippen LogP contribution < -0.4 is 0 Å². The molecule has 1 amide bonds. The molecule has 0 aromatic rings. The molecule has 1 heterocycles. The van der Waals surface area contributed by atoms with Gasteiger partial charge in [0.05, 0.1) is 6.10 Å². The molecule has 4 atom stereocenters. The quantitative estimate of drug-likeness (QED) is 0.850. The van der Waals surface area contributed by atoms with Crippen LogP contribution in [0.25, 0.3) is 0 Å². The van der Waals surface area contributed by atoms with Crippen molar-refractivity contribution in [2.75, 3.05) is 6.54 Å². The Bertz CT molecular complexity index is 305. The summed E-state index contributed by atoms with van der Waals surface area (Å²) in [5.41, 5.74) is 0. The number of aliphatic hydroxyl groups excluding tert-OH is 1. The second kappa shape index (κ2) is 6.74. The van der Waals surface area contributed by atoms with Crippen molar-refractivity contribution in [1.82, 2.24) is 4.90 Å². The molecule has 0 aromatic heterocycles. The van der Waals surface area contributed by atoms with Gasteiger partial charge in [-0.15, -0.1) is 0 Å². The number of amides is 1. The Morgan fingerprint density at radius 3 is 2.68 bits per heavy atom. The average molecular weight is 267 g/mol. The summed E-state index contributed by atoms with van der Waals surface area (Å²) in [7, 11) is 0. The SMILES string of the molecule is CCCC(C)C(=O)N1CCCCC1C1CCCC1O. The van der Waals surface area contributed by atoms with E-state index in [4.69, 9.17) is 0 Å². The number of aliphatic hydroxyl groups is 1. The number of carbonyl (C=O) groups is 1. The second-order valence-corrected chi connectivity index (χ2v) is 6.45. The van der Waals surface area contributed by atoms with Crippen LogP contribution in [0.4, 0.5) is 0 Å². The Hall–Kier alpha value is -0.570. The first-order chi connectivity index (χ1) is 9.15. The molecule has 1 N–H and O–H groups in total.